The third kappa shape index (κ3) is 17.3. The molecule has 0 spiro atoms. The number of ether oxygens (including phenoxy) is 4. The highest BCUT2D eigenvalue weighted by molar-refractivity contribution is 6.48. The van der Waals surface area contributed by atoms with Crippen LogP contribution in [0.4, 0.5) is 0 Å². The number of rotatable bonds is 14. The number of hydrogen-bond acceptors (Lipinski definition) is 6. The maximum Gasteiger partial charge on any atom is 0.312 e. The summed E-state index contributed by atoms with van der Waals surface area (Å²) in [7, 11) is 0. The van der Waals surface area contributed by atoms with Gasteiger partial charge in [-0.25, -0.2) is 0 Å². The average molecular weight is 278 g/mol. The summed E-state index contributed by atoms with van der Waals surface area (Å²) in [4.78, 5) is 10.2. The van der Waals surface area contributed by atoms with Crippen LogP contribution in [0.5, 0.6) is 0 Å². The molecule has 0 heterocycles. The van der Waals surface area contributed by atoms with Gasteiger partial charge in [0, 0.05) is 0 Å². The number of carboxylic acid groups (broad SMARTS) is 1. The monoisotopic (exact) mass is 278 g/mol. The number of carboxylic acids is 1. The summed E-state index contributed by atoms with van der Waals surface area (Å²) in [6.07, 6.45) is 0.00949. The van der Waals surface area contributed by atoms with E-state index in [9.17, 15) is 4.79 Å². The van der Waals surface area contributed by atoms with Crippen LogP contribution in [0.15, 0.2) is 0 Å². The molecular formula is C11H23BO7. The van der Waals surface area contributed by atoms with Gasteiger partial charge >= 0.3 is 12.9 Å². The van der Waals surface area contributed by atoms with Gasteiger partial charge in [-0.3, -0.25) is 4.79 Å². The van der Waals surface area contributed by atoms with Gasteiger partial charge in [0.15, 0.2) is 0 Å². The largest absolute Gasteiger partial charge is 0.481 e. The Bertz CT molecular complexity index is 213. The average Bonchev–Trinajstić information content (AvgIpc) is 2.34. The fraction of sp³-hybridized carbons (Fsp3) is 0.909. The van der Waals surface area contributed by atoms with Gasteiger partial charge in [-0.2, -0.15) is 0 Å². The van der Waals surface area contributed by atoms with Crippen molar-refractivity contribution in [1.82, 2.24) is 0 Å². The predicted molar refractivity (Wildman–Crippen MR) is 69.4 cm³/mol. The smallest absolute Gasteiger partial charge is 0.312 e. The van der Waals surface area contributed by atoms with Gasteiger partial charge in [0.1, 0.15) is 0 Å². The number of hydrogen-bond donors (Lipinski definition) is 2. The Morgan fingerprint density at radius 1 is 0.895 bits per heavy atom. The standard InChI is InChI=1S/C11H23BO7/c1-12(15)10-19-9-8-18-7-6-17-5-4-16-3-2-11(13)14/h15H,2-10H2,1H3,(H,13,14). The lowest BCUT2D eigenvalue weighted by molar-refractivity contribution is -0.138. The van der Waals surface area contributed by atoms with Crippen LogP contribution in [-0.4, -0.2) is 75.8 Å². The van der Waals surface area contributed by atoms with E-state index in [0.29, 0.717) is 46.1 Å². The van der Waals surface area contributed by atoms with Gasteiger partial charge in [0.05, 0.1) is 59.2 Å². The van der Waals surface area contributed by atoms with Crippen LogP contribution in [-0.2, 0) is 23.7 Å². The van der Waals surface area contributed by atoms with Gasteiger partial charge in [-0.15, -0.1) is 0 Å². The lowest BCUT2D eigenvalue weighted by Crippen LogP contribution is -2.18. The highest BCUT2D eigenvalue weighted by atomic mass is 16.6. The van der Waals surface area contributed by atoms with Gasteiger partial charge in [-0.1, -0.05) is 6.82 Å². The highest BCUT2D eigenvalue weighted by Gasteiger charge is 2.00. The Morgan fingerprint density at radius 2 is 1.32 bits per heavy atom. The highest BCUT2D eigenvalue weighted by Crippen LogP contribution is 1.85. The maximum absolute atomic E-state index is 10.2. The number of aliphatic carboxylic acids is 1. The zero-order valence-corrected chi connectivity index (χ0v) is 11.4. The SMILES string of the molecule is CB(O)COCCOCCOCCOCCC(=O)O. The van der Waals surface area contributed by atoms with E-state index in [0.717, 1.165) is 0 Å². The minimum absolute atomic E-state index is 0.00949. The fourth-order valence-corrected chi connectivity index (χ4v) is 1.07. The van der Waals surface area contributed by atoms with Crippen molar-refractivity contribution in [3.8, 4) is 0 Å². The van der Waals surface area contributed by atoms with Crippen LogP contribution in [0, 0.1) is 0 Å². The molecule has 8 heteroatoms. The molecule has 0 aliphatic rings. The van der Waals surface area contributed by atoms with Crippen molar-refractivity contribution in [2.45, 2.75) is 13.2 Å². The first-order chi connectivity index (χ1) is 9.13. The van der Waals surface area contributed by atoms with Crippen LogP contribution in [0.2, 0.25) is 6.82 Å². The fourth-order valence-electron chi connectivity index (χ4n) is 1.07. The van der Waals surface area contributed by atoms with E-state index < -0.39 is 12.9 Å². The third-order valence-electron chi connectivity index (χ3n) is 1.94. The second-order valence-electron chi connectivity index (χ2n) is 3.90. The first-order valence-corrected chi connectivity index (χ1v) is 6.33. The van der Waals surface area contributed by atoms with Crippen molar-refractivity contribution in [1.29, 1.82) is 0 Å². The van der Waals surface area contributed by atoms with Crippen molar-refractivity contribution < 1.29 is 33.9 Å². The molecule has 0 aromatic carbocycles. The summed E-state index contributed by atoms with van der Waals surface area (Å²) in [5, 5.41) is 17.3. The zero-order valence-electron chi connectivity index (χ0n) is 11.4. The van der Waals surface area contributed by atoms with Crippen molar-refractivity contribution in [2.24, 2.45) is 0 Å². The van der Waals surface area contributed by atoms with Crippen LogP contribution in [0.25, 0.3) is 0 Å². The molecule has 0 amide bonds. The quantitative estimate of drug-likeness (QED) is 0.332. The zero-order chi connectivity index (χ0) is 14.3. The Labute approximate surface area is 113 Å². The van der Waals surface area contributed by atoms with Crippen LogP contribution < -0.4 is 0 Å². The minimum atomic E-state index is -0.868. The van der Waals surface area contributed by atoms with Gasteiger partial charge in [-0.05, 0) is 0 Å². The van der Waals surface area contributed by atoms with Gasteiger partial charge < -0.3 is 29.1 Å². The Balaban J connectivity index is 2.97. The minimum Gasteiger partial charge on any atom is -0.481 e. The summed E-state index contributed by atoms with van der Waals surface area (Å²) in [6.45, 7) is 4.35. The molecule has 0 unspecified atom stereocenters. The molecule has 7 nitrogen and oxygen atoms in total. The molecule has 0 aromatic heterocycles. The van der Waals surface area contributed by atoms with Crippen molar-refractivity contribution >= 4 is 12.9 Å². The van der Waals surface area contributed by atoms with Crippen molar-refractivity contribution in [3.63, 3.8) is 0 Å². The molecule has 0 rings (SSSR count). The molecule has 0 aromatic rings. The Hall–Kier alpha value is -0.665. The van der Waals surface area contributed by atoms with Gasteiger partial charge in [0.25, 0.3) is 0 Å². The second-order valence-corrected chi connectivity index (χ2v) is 3.90. The molecular weight excluding hydrogens is 255 g/mol. The summed E-state index contributed by atoms with van der Waals surface area (Å²) < 4.78 is 20.6. The maximum atomic E-state index is 10.2. The summed E-state index contributed by atoms with van der Waals surface area (Å²) in [5.41, 5.74) is 0. The van der Waals surface area contributed by atoms with E-state index in [1.54, 1.807) is 6.82 Å². The molecule has 0 saturated carbocycles. The van der Waals surface area contributed by atoms with E-state index in [1.807, 2.05) is 0 Å². The molecule has 0 atom stereocenters. The summed E-state index contributed by atoms with van der Waals surface area (Å²) in [6, 6.07) is 0. The van der Waals surface area contributed by atoms with E-state index in [2.05, 4.69) is 0 Å². The van der Waals surface area contributed by atoms with Crippen LogP contribution >= 0.6 is 0 Å². The van der Waals surface area contributed by atoms with Crippen LogP contribution in [0.1, 0.15) is 6.42 Å². The van der Waals surface area contributed by atoms with E-state index in [1.165, 1.54) is 0 Å². The lowest BCUT2D eigenvalue weighted by atomic mass is 9.74. The normalized spacial score (nSPS) is 10.6. The number of carbonyl (C=O) groups is 1. The molecule has 0 radical (unpaired) electrons. The molecule has 112 valence electrons. The second kappa shape index (κ2) is 13.8. The Morgan fingerprint density at radius 3 is 1.74 bits per heavy atom. The van der Waals surface area contributed by atoms with E-state index in [4.69, 9.17) is 29.1 Å². The third-order valence-corrected chi connectivity index (χ3v) is 1.94. The first-order valence-electron chi connectivity index (χ1n) is 6.33. The summed E-state index contributed by atoms with van der Waals surface area (Å²) >= 11 is 0. The van der Waals surface area contributed by atoms with Crippen LogP contribution in [0.3, 0.4) is 0 Å². The Kier molecular flexibility index (Phi) is 13.3. The molecule has 0 aliphatic heterocycles. The van der Waals surface area contributed by atoms with E-state index in [-0.39, 0.29) is 13.0 Å². The molecule has 0 bridgehead atoms. The van der Waals surface area contributed by atoms with Crippen molar-refractivity contribution in [3.05, 3.63) is 0 Å². The molecule has 2 N–H and O–H groups in total. The first kappa shape index (κ1) is 18.3. The molecule has 0 fully saturated rings. The van der Waals surface area contributed by atoms with E-state index >= 15 is 0 Å². The molecule has 0 aliphatic carbocycles. The molecule has 0 saturated heterocycles. The molecule has 19 heavy (non-hydrogen) atoms. The summed E-state index contributed by atoms with van der Waals surface area (Å²) in [5.74, 6) is -0.868. The van der Waals surface area contributed by atoms with Crippen molar-refractivity contribution in [2.75, 3.05) is 52.8 Å². The topological polar surface area (TPSA) is 94.5 Å². The lowest BCUT2D eigenvalue weighted by Gasteiger charge is -2.07. The van der Waals surface area contributed by atoms with Gasteiger partial charge in [0.2, 0.25) is 0 Å². The predicted octanol–water partition coefficient (Wildman–Crippen LogP) is -0.320.